The summed E-state index contributed by atoms with van der Waals surface area (Å²) in [7, 11) is 1.51. The molecule has 3 rings (SSSR count). The molecular formula is C21H22N2O4. The lowest BCUT2D eigenvalue weighted by atomic mass is 9.92. The van der Waals surface area contributed by atoms with Crippen molar-refractivity contribution in [1.82, 2.24) is 4.98 Å². The van der Waals surface area contributed by atoms with Gasteiger partial charge in [0, 0.05) is 18.8 Å². The van der Waals surface area contributed by atoms with Crippen LogP contribution in [0.2, 0.25) is 0 Å². The summed E-state index contributed by atoms with van der Waals surface area (Å²) in [5, 5.41) is 10.6. The highest BCUT2D eigenvalue weighted by Gasteiger charge is 2.45. The second-order valence-electron chi connectivity index (χ2n) is 6.81. The van der Waals surface area contributed by atoms with Crippen LogP contribution >= 0.6 is 0 Å². The van der Waals surface area contributed by atoms with Crippen LogP contribution in [0.1, 0.15) is 31.9 Å². The van der Waals surface area contributed by atoms with Gasteiger partial charge in [0.25, 0.3) is 5.91 Å². The molecule has 0 fully saturated rings. The predicted octanol–water partition coefficient (Wildman–Crippen LogP) is 3.61. The van der Waals surface area contributed by atoms with Gasteiger partial charge in [-0.05, 0) is 35.7 Å². The minimum atomic E-state index is -0.733. The van der Waals surface area contributed by atoms with Crippen molar-refractivity contribution in [2.75, 3.05) is 12.0 Å². The molecular weight excluding hydrogens is 344 g/mol. The first-order chi connectivity index (χ1) is 13.0. The Morgan fingerprint density at radius 3 is 2.52 bits per heavy atom. The molecule has 0 radical (unpaired) electrons. The van der Waals surface area contributed by atoms with Crippen LogP contribution in [0.15, 0.2) is 60.1 Å². The highest BCUT2D eigenvalue weighted by Crippen LogP contribution is 2.44. The number of para-hydroxylation sites is 2. The van der Waals surface area contributed by atoms with Crippen molar-refractivity contribution in [2.24, 2.45) is 5.92 Å². The molecule has 0 aliphatic carbocycles. The number of ether oxygens (including phenoxy) is 1. The monoisotopic (exact) mass is 366 g/mol. The number of nitrogens with zero attached hydrogens (tertiary/aromatic N) is 2. The Morgan fingerprint density at radius 2 is 1.89 bits per heavy atom. The first kappa shape index (κ1) is 18.6. The summed E-state index contributed by atoms with van der Waals surface area (Å²) in [5.41, 5.74) is 1.30. The lowest BCUT2D eigenvalue weighted by Gasteiger charge is -2.28. The summed E-state index contributed by atoms with van der Waals surface area (Å²) in [6.07, 6.45) is 3.44. The zero-order chi connectivity index (χ0) is 19.6. The van der Waals surface area contributed by atoms with Crippen LogP contribution in [0, 0.1) is 5.92 Å². The number of pyridine rings is 1. The van der Waals surface area contributed by atoms with E-state index in [1.807, 2.05) is 13.8 Å². The molecule has 1 aliphatic heterocycles. The van der Waals surface area contributed by atoms with Gasteiger partial charge in [-0.1, -0.05) is 26.0 Å². The molecule has 0 spiro atoms. The molecule has 0 saturated heterocycles. The van der Waals surface area contributed by atoms with E-state index in [-0.39, 0.29) is 23.7 Å². The number of hydrogen-bond acceptors (Lipinski definition) is 5. The van der Waals surface area contributed by atoms with Gasteiger partial charge < -0.3 is 9.84 Å². The standard InChI is InChI=1S/C21H22N2O4/c1-13(2)12-16(24)18-19(14-8-10-22-11-9-14)23(21(26)20(18)25)15-6-4-5-7-17(15)27-3/h4-11,13,19,25H,12H2,1-3H3. The first-order valence-electron chi connectivity index (χ1n) is 8.78. The van der Waals surface area contributed by atoms with E-state index < -0.39 is 17.7 Å². The van der Waals surface area contributed by atoms with E-state index in [0.717, 1.165) is 0 Å². The van der Waals surface area contributed by atoms with Crippen LogP contribution < -0.4 is 9.64 Å². The van der Waals surface area contributed by atoms with Gasteiger partial charge >= 0.3 is 0 Å². The van der Waals surface area contributed by atoms with Gasteiger partial charge in [0.15, 0.2) is 11.5 Å². The van der Waals surface area contributed by atoms with Crippen LogP contribution in [0.25, 0.3) is 0 Å². The van der Waals surface area contributed by atoms with Gasteiger partial charge in [-0.3, -0.25) is 19.5 Å². The Labute approximate surface area is 158 Å². The summed E-state index contributed by atoms with van der Waals surface area (Å²) in [6, 6.07) is 9.78. The highest BCUT2D eigenvalue weighted by atomic mass is 16.5. The number of amides is 1. The topological polar surface area (TPSA) is 79.7 Å². The lowest BCUT2D eigenvalue weighted by Crippen LogP contribution is -2.31. The largest absolute Gasteiger partial charge is 0.503 e. The highest BCUT2D eigenvalue weighted by molar-refractivity contribution is 6.17. The molecule has 6 heteroatoms. The van der Waals surface area contributed by atoms with Crippen molar-refractivity contribution in [3.63, 3.8) is 0 Å². The van der Waals surface area contributed by atoms with Gasteiger partial charge in [0.2, 0.25) is 0 Å². The van der Waals surface area contributed by atoms with Gasteiger partial charge in [-0.25, -0.2) is 0 Å². The fourth-order valence-corrected chi connectivity index (χ4v) is 3.31. The average molecular weight is 366 g/mol. The number of rotatable bonds is 6. The summed E-state index contributed by atoms with van der Waals surface area (Å²) in [5.74, 6) is -0.779. The van der Waals surface area contributed by atoms with Crippen LogP contribution in [-0.4, -0.2) is 28.9 Å². The van der Waals surface area contributed by atoms with Crippen LogP contribution in [0.3, 0.4) is 0 Å². The molecule has 2 aromatic rings. The molecule has 1 aliphatic rings. The van der Waals surface area contributed by atoms with E-state index in [4.69, 9.17) is 4.74 Å². The second kappa shape index (κ2) is 7.61. The van der Waals surface area contributed by atoms with E-state index >= 15 is 0 Å². The summed E-state index contributed by atoms with van der Waals surface area (Å²) in [4.78, 5) is 31.3. The number of aliphatic hydroxyl groups is 1. The van der Waals surface area contributed by atoms with Crippen molar-refractivity contribution < 1.29 is 19.4 Å². The molecule has 27 heavy (non-hydrogen) atoms. The van der Waals surface area contributed by atoms with Gasteiger partial charge in [-0.2, -0.15) is 0 Å². The van der Waals surface area contributed by atoms with Crippen LogP contribution in [-0.2, 0) is 9.59 Å². The number of carbonyl (C=O) groups is 2. The van der Waals surface area contributed by atoms with Gasteiger partial charge in [-0.15, -0.1) is 0 Å². The maximum Gasteiger partial charge on any atom is 0.294 e. The number of hydrogen-bond donors (Lipinski definition) is 1. The number of anilines is 1. The van der Waals surface area contributed by atoms with E-state index in [0.29, 0.717) is 17.0 Å². The second-order valence-corrected chi connectivity index (χ2v) is 6.81. The molecule has 0 saturated carbocycles. The Balaban J connectivity index is 2.17. The molecule has 1 aromatic heterocycles. The number of Topliss-reactive ketones (excluding diaryl/α,β-unsaturated/α-hetero) is 1. The average Bonchev–Trinajstić information content (AvgIpc) is 2.93. The lowest BCUT2D eigenvalue weighted by molar-refractivity contribution is -0.118. The molecule has 1 atom stereocenters. The minimum absolute atomic E-state index is 0.103. The molecule has 140 valence electrons. The SMILES string of the molecule is COc1ccccc1N1C(=O)C(O)=C(C(=O)CC(C)C)C1c1ccncc1. The fraction of sp³-hybridized carbons (Fsp3) is 0.286. The Kier molecular flexibility index (Phi) is 5.26. The molecule has 1 unspecified atom stereocenters. The molecule has 1 N–H and O–H groups in total. The van der Waals surface area contributed by atoms with Gasteiger partial charge in [0.05, 0.1) is 24.4 Å². The first-order valence-corrected chi connectivity index (χ1v) is 8.78. The minimum Gasteiger partial charge on any atom is -0.503 e. The third-order valence-electron chi connectivity index (χ3n) is 4.47. The normalized spacial score (nSPS) is 17.0. The quantitative estimate of drug-likeness (QED) is 0.845. The number of methoxy groups -OCH3 is 1. The number of aliphatic hydroxyl groups excluding tert-OH is 1. The third-order valence-corrected chi connectivity index (χ3v) is 4.47. The molecule has 1 aromatic carbocycles. The van der Waals surface area contributed by atoms with E-state index in [9.17, 15) is 14.7 Å². The zero-order valence-corrected chi connectivity index (χ0v) is 15.5. The number of benzene rings is 1. The Hall–Kier alpha value is -3.15. The smallest absolute Gasteiger partial charge is 0.294 e. The van der Waals surface area contributed by atoms with E-state index in [1.54, 1.807) is 48.8 Å². The Bertz CT molecular complexity index is 890. The van der Waals surface area contributed by atoms with Crippen molar-refractivity contribution in [1.29, 1.82) is 0 Å². The summed E-state index contributed by atoms with van der Waals surface area (Å²) in [6.45, 7) is 3.84. The Morgan fingerprint density at radius 1 is 1.22 bits per heavy atom. The molecule has 6 nitrogen and oxygen atoms in total. The fourth-order valence-electron chi connectivity index (χ4n) is 3.31. The number of aromatic nitrogens is 1. The summed E-state index contributed by atoms with van der Waals surface area (Å²) < 4.78 is 5.39. The van der Waals surface area contributed by atoms with Crippen molar-refractivity contribution >= 4 is 17.4 Å². The maximum absolute atomic E-state index is 13.0. The predicted molar refractivity (Wildman–Crippen MR) is 102 cm³/mol. The molecule has 2 heterocycles. The zero-order valence-electron chi connectivity index (χ0n) is 15.5. The van der Waals surface area contributed by atoms with Crippen LogP contribution in [0.5, 0.6) is 5.75 Å². The van der Waals surface area contributed by atoms with Crippen molar-refractivity contribution in [3.05, 3.63) is 65.7 Å². The maximum atomic E-state index is 13.0. The molecule has 1 amide bonds. The van der Waals surface area contributed by atoms with Crippen molar-refractivity contribution in [3.8, 4) is 5.75 Å². The summed E-state index contributed by atoms with van der Waals surface area (Å²) >= 11 is 0. The molecule has 0 bridgehead atoms. The van der Waals surface area contributed by atoms with E-state index in [1.165, 1.54) is 12.0 Å². The van der Waals surface area contributed by atoms with Gasteiger partial charge in [0.1, 0.15) is 5.75 Å². The van der Waals surface area contributed by atoms with Crippen molar-refractivity contribution in [2.45, 2.75) is 26.3 Å². The third kappa shape index (κ3) is 3.43. The van der Waals surface area contributed by atoms with E-state index in [2.05, 4.69) is 4.98 Å². The number of ketones is 1. The van der Waals surface area contributed by atoms with Crippen LogP contribution in [0.4, 0.5) is 5.69 Å². The number of carbonyl (C=O) groups excluding carboxylic acids is 2.